The van der Waals surface area contributed by atoms with E-state index in [1.165, 1.54) is 49.5 Å². The molecule has 1 N–H and O–H groups in total. The van der Waals surface area contributed by atoms with Gasteiger partial charge in [0.15, 0.2) is 9.84 Å². The summed E-state index contributed by atoms with van der Waals surface area (Å²) < 4.78 is 66.6. The lowest BCUT2D eigenvalue weighted by Gasteiger charge is -2.25. The Labute approximate surface area is 210 Å². The molecule has 0 radical (unpaired) electrons. The Hall–Kier alpha value is -3.31. The fraction of sp³-hybridized carbons (Fsp3) is 0.280. The van der Waals surface area contributed by atoms with E-state index >= 15 is 4.39 Å². The lowest BCUT2D eigenvalue weighted by molar-refractivity contribution is 0.0950. The van der Waals surface area contributed by atoms with Crippen molar-refractivity contribution in [3.05, 3.63) is 83.4 Å². The number of carbonyl (C=O) groups excluding carboxylic acids is 1. The van der Waals surface area contributed by atoms with E-state index in [1.807, 2.05) is 6.92 Å². The van der Waals surface area contributed by atoms with Crippen molar-refractivity contribution in [3.8, 4) is 0 Å². The summed E-state index contributed by atoms with van der Waals surface area (Å²) in [5.74, 6) is -1.44. The van der Waals surface area contributed by atoms with Crippen LogP contribution < -0.4 is 9.62 Å². The summed E-state index contributed by atoms with van der Waals surface area (Å²) in [6, 6.07) is 12.6. The number of aromatic nitrogens is 1. The van der Waals surface area contributed by atoms with Gasteiger partial charge in [-0.3, -0.25) is 14.1 Å². The molecule has 1 saturated carbocycles. The molecule has 8 nitrogen and oxygen atoms in total. The molecule has 190 valence electrons. The summed E-state index contributed by atoms with van der Waals surface area (Å²) >= 11 is 0. The van der Waals surface area contributed by atoms with Crippen molar-refractivity contribution < 1.29 is 26.0 Å². The van der Waals surface area contributed by atoms with Gasteiger partial charge >= 0.3 is 0 Å². The topological polar surface area (TPSA) is 114 Å². The van der Waals surface area contributed by atoms with Crippen molar-refractivity contribution in [2.45, 2.75) is 49.1 Å². The van der Waals surface area contributed by atoms with Crippen LogP contribution in [0.15, 0.2) is 70.6 Å². The highest BCUT2D eigenvalue weighted by Crippen LogP contribution is 2.38. The smallest absolute Gasteiger partial charge is 0.264 e. The quantitative estimate of drug-likeness (QED) is 0.451. The van der Waals surface area contributed by atoms with Crippen molar-refractivity contribution in [2.24, 2.45) is 0 Å². The van der Waals surface area contributed by atoms with Gasteiger partial charge < -0.3 is 5.32 Å². The van der Waals surface area contributed by atoms with E-state index in [-0.39, 0.29) is 39.4 Å². The normalized spacial score (nSPS) is 13.9. The van der Waals surface area contributed by atoms with E-state index < -0.39 is 31.6 Å². The van der Waals surface area contributed by atoms with Crippen LogP contribution in [0.25, 0.3) is 0 Å². The summed E-state index contributed by atoms with van der Waals surface area (Å²) in [4.78, 5) is 16.8. The van der Waals surface area contributed by atoms with Gasteiger partial charge in [0.25, 0.3) is 15.9 Å². The van der Waals surface area contributed by atoms with Crippen LogP contribution in [0.3, 0.4) is 0 Å². The maximum atomic E-state index is 15.2. The molecule has 0 aliphatic heterocycles. The minimum atomic E-state index is -3.98. The Morgan fingerprint density at radius 1 is 1.03 bits per heavy atom. The van der Waals surface area contributed by atoms with Crippen molar-refractivity contribution >= 4 is 31.5 Å². The van der Waals surface area contributed by atoms with Crippen LogP contribution in [0, 0.1) is 12.7 Å². The molecule has 36 heavy (non-hydrogen) atoms. The number of amides is 1. The maximum Gasteiger partial charge on any atom is 0.264 e. The predicted octanol–water partition coefficient (Wildman–Crippen LogP) is 3.61. The Bertz CT molecular complexity index is 1490. The first-order valence-corrected chi connectivity index (χ1v) is 14.5. The van der Waals surface area contributed by atoms with Gasteiger partial charge in [-0.05, 0) is 62.2 Å². The van der Waals surface area contributed by atoms with Gasteiger partial charge in [-0.25, -0.2) is 21.2 Å². The van der Waals surface area contributed by atoms with Crippen molar-refractivity contribution in [1.29, 1.82) is 0 Å². The number of pyridine rings is 1. The van der Waals surface area contributed by atoms with E-state index in [1.54, 1.807) is 12.1 Å². The summed E-state index contributed by atoms with van der Waals surface area (Å²) in [5.41, 5.74) is 1.25. The minimum Gasteiger partial charge on any atom is -0.346 e. The zero-order valence-corrected chi connectivity index (χ0v) is 21.4. The van der Waals surface area contributed by atoms with E-state index in [4.69, 9.17) is 0 Å². The molecular weight excluding hydrogens is 505 g/mol. The average Bonchev–Trinajstić information content (AvgIpc) is 3.69. The Morgan fingerprint density at radius 3 is 2.25 bits per heavy atom. The zero-order valence-electron chi connectivity index (χ0n) is 19.8. The van der Waals surface area contributed by atoms with Crippen molar-refractivity contribution in [2.75, 3.05) is 10.1 Å². The number of carbonyl (C=O) groups is 1. The standard InChI is InChI=1S/C25H26FN3O5S2/c1-3-35(31,32)22-12-7-19(27-16-22)15-28-25(30)18-6-13-24(23(26)14-18)29(20-8-9-20)36(33,34)21-10-4-17(2)5-11-21/h4-7,10-14,16,20H,3,8-9,15H2,1-2H3,(H,28,30). The number of benzene rings is 2. The minimum absolute atomic E-state index is 0.00462. The molecule has 1 aliphatic rings. The van der Waals surface area contributed by atoms with Crippen molar-refractivity contribution in [1.82, 2.24) is 10.3 Å². The lowest BCUT2D eigenvalue weighted by Crippen LogP contribution is -2.34. The number of hydrogen-bond donors (Lipinski definition) is 1. The molecule has 1 amide bonds. The first kappa shape index (κ1) is 25.8. The van der Waals surface area contributed by atoms with Gasteiger partial charge in [0, 0.05) is 17.8 Å². The summed E-state index contributed by atoms with van der Waals surface area (Å²) in [6.45, 7) is 3.39. The molecule has 1 fully saturated rings. The highest BCUT2D eigenvalue weighted by molar-refractivity contribution is 7.93. The molecule has 0 saturated heterocycles. The summed E-state index contributed by atoms with van der Waals surface area (Å²) in [5, 5.41) is 2.61. The third-order valence-corrected chi connectivity index (χ3v) is 9.47. The Balaban J connectivity index is 1.50. The number of hydrogen-bond acceptors (Lipinski definition) is 6. The number of rotatable bonds is 9. The molecule has 0 spiro atoms. The number of nitrogens with zero attached hydrogens (tertiary/aromatic N) is 2. The second kappa shape index (κ2) is 9.98. The predicted molar refractivity (Wildman–Crippen MR) is 133 cm³/mol. The van der Waals surface area contributed by atoms with E-state index in [9.17, 15) is 21.6 Å². The molecule has 11 heteroatoms. The third-order valence-electron chi connectivity index (χ3n) is 5.87. The molecule has 1 aromatic heterocycles. The van der Waals surface area contributed by atoms with E-state index in [0.717, 1.165) is 15.9 Å². The monoisotopic (exact) mass is 531 g/mol. The molecule has 0 atom stereocenters. The molecule has 0 bridgehead atoms. The number of sulfonamides is 1. The van der Waals surface area contributed by atoms with Crippen LogP contribution in [0.2, 0.25) is 0 Å². The van der Waals surface area contributed by atoms with E-state index in [2.05, 4.69) is 10.3 Å². The van der Waals surface area contributed by atoms with Gasteiger partial charge in [0.1, 0.15) is 5.82 Å². The summed E-state index contributed by atoms with van der Waals surface area (Å²) in [6.07, 6.45) is 2.48. The van der Waals surface area contributed by atoms with Gasteiger partial charge in [-0.1, -0.05) is 24.6 Å². The molecule has 0 unspecified atom stereocenters. The Kier molecular flexibility index (Phi) is 7.14. The van der Waals surface area contributed by atoms with Gasteiger partial charge in [0.05, 0.1) is 33.5 Å². The number of anilines is 1. The van der Waals surface area contributed by atoms with Crippen LogP contribution >= 0.6 is 0 Å². The molecule has 4 rings (SSSR count). The van der Waals surface area contributed by atoms with Gasteiger partial charge in [-0.15, -0.1) is 0 Å². The largest absolute Gasteiger partial charge is 0.346 e. The van der Waals surface area contributed by atoms with E-state index in [0.29, 0.717) is 18.5 Å². The number of sulfone groups is 1. The maximum absolute atomic E-state index is 15.2. The molecule has 1 aliphatic carbocycles. The fourth-order valence-corrected chi connectivity index (χ4v) is 6.16. The molecule has 2 aromatic carbocycles. The van der Waals surface area contributed by atoms with Gasteiger partial charge in [-0.2, -0.15) is 0 Å². The van der Waals surface area contributed by atoms with Crippen LogP contribution in [0.4, 0.5) is 10.1 Å². The van der Waals surface area contributed by atoms with Crippen LogP contribution in [0.1, 0.15) is 41.4 Å². The highest BCUT2D eigenvalue weighted by Gasteiger charge is 2.39. The zero-order chi connectivity index (χ0) is 26.1. The molecule has 1 heterocycles. The van der Waals surface area contributed by atoms with Crippen LogP contribution in [0.5, 0.6) is 0 Å². The van der Waals surface area contributed by atoms with Crippen molar-refractivity contribution in [3.63, 3.8) is 0 Å². The number of nitrogens with one attached hydrogen (secondary N) is 1. The van der Waals surface area contributed by atoms with Gasteiger partial charge in [0.2, 0.25) is 0 Å². The SMILES string of the molecule is CCS(=O)(=O)c1ccc(CNC(=O)c2ccc(N(C3CC3)S(=O)(=O)c3ccc(C)cc3)c(F)c2)nc1. The average molecular weight is 532 g/mol. The van der Waals surface area contributed by atoms with Crippen LogP contribution in [-0.2, 0) is 26.4 Å². The Morgan fingerprint density at radius 2 is 1.69 bits per heavy atom. The molecular formula is C25H26FN3O5S2. The lowest BCUT2D eigenvalue weighted by atomic mass is 10.1. The fourth-order valence-electron chi connectivity index (χ4n) is 3.62. The number of halogens is 1. The second-order valence-electron chi connectivity index (χ2n) is 8.58. The third kappa shape index (κ3) is 5.41. The summed E-state index contributed by atoms with van der Waals surface area (Å²) in [7, 11) is -7.36. The number of aryl methyl sites for hydroxylation is 1. The van der Waals surface area contributed by atoms with Crippen LogP contribution in [-0.4, -0.2) is 39.5 Å². The first-order valence-electron chi connectivity index (χ1n) is 11.4. The molecule has 3 aromatic rings. The highest BCUT2D eigenvalue weighted by atomic mass is 32.2. The second-order valence-corrected chi connectivity index (χ2v) is 12.7. The first-order chi connectivity index (χ1) is 17.0.